The highest BCUT2D eigenvalue weighted by Gasteiger charge is 1.92. The maximum Gasteiger partial charge on any atom is 0.258 e. The van der Waals surface area contributed by atoms with Crippen LogP contribution in [0.15, 0.2) is 0 Å². The van der Waals surface area contributed by atoms with Gasteiger partial charge in [0, 0.05) is 0 Å². The average Bonchev–Trinajstić information content (AvgIpc) is 1.27. The van der Waals surface area contributed by atoms with Crippen molar-refractivity contribution < 1.29 is 12.6 Å². The standard InChI is InChI=1S/C2H5ClO3S/c1-2(3)6-7(4)5/h2,7H,1H3. The molecule has 0 heterocycles. The summed E-state index contributed by atoms with van der Waals surface area (Å²) in [4.78, 5) is 0. The summed E-state index contributed by atoms with van der Waals surface area (Å²) in [5.41, 5.74) is -0.749. The van der Waals surface area contributed by atoms with Gasteiger partial charge in [-0.2, -0.15) is 0 Å². The molecular formula is C2H5ClO3S. The smallest absolute Gasteiger partial charge is 0.253 e. The Morgan fingerprint density at radius 1 is 1.71 bits per heavy atom. The maximum atomic E-state index is 9.54. The van der Waals surface area contributed by atoms with Gasteiger partial charge in [-0.1, -0.05) is 11.6 Å². The lowest BCUT2D eigenvalue weighted by atomic mass is 10.9. The first-order chi connectivity index (χ1) is 3.13. The molecule has 0 spiro atoms. The van der Waals surface area contributed by atoms with Crippen molar-refractivity contribution in [2.75, 3.05) is 0 Å². The highest BCUT2D eigenvalue weighted by atomic mass is 35.5. The van der Waals surface area contributed by atoms with Crippen LogP contribution in [0.3, 0.4) is 0 Å². The second kappa shape index (κ2) is 3.23. The lowest BCUT2D eigenvalue weighted by molar-refractivity contribution is 0.318. The predicted octanol–water partition coefficient (Wildman–Crippen LogP) is 0.114. The van der Waals surface area contributed by atoms with Crippen molar-refractivity contribution in [1.29, 1.82) is 0 Å². The molecule has 0 rings (SSSR count). The fraction of sp³-hybridized carbons (Fsp3) is 1.00. The van der Waals surface area contributed by atoms with Crippen molar-refractivity contribution in [3.05, 3.63) is 0 Å². The molecule has 0 aliphatic rings. The van der Waals surface area contributed by atoms with E-state index in [4.69, 9.17) is 11.6 Å². The number of hydrogen-bond donors (Lipinski definition) is 1. The largest absolute Gasteiger partial charge is 0.258 e. The Morgan fingerprint density at radius 2 is 2.14 bits per heavy atom. The van der Waals surface area contributed by atoms with Crippen LogP contribution in [0.4, 0.5) is 0 Å². The summed E-state index contributed by atoms with van der Waals surface area (Å²) in [6.07, 6.45) is 0. The van der Waals surface area contributed by atoms with E-state index in [0.29, 0.717) is 0 Å². The van der Waals surface area contributed by atoms with Crippen LogP contribution in [0, 0.1) is 0 Å². The second-order valence-corrected chi connectivity index (χ2v) is 2.14. The van der Waals surface area contributed by atoms with Gasteiger partial charge < -0.3 is 0 Å². The van der Waals surface area contributed by atoms with E-state index in [1.54, 1.807) is 0 Å². The van der Waals surface area contributed by atoms with Crippen molar-refractivity contribution >= 4 is 22.6 Å². The van der Waals surface area contributed by atoms with Gasteiger partial charge in [0.05, 0.1) is 0 Å². The van der Waals surface area contributed by atoms with Crippen LogP contribution >= 0.6 is 11.6 Å². The zero-order valence-electron chi connectivity index (χ0n) is 3.63. The monoisotopic (exact) mass is 144 g/mol. The molecule has 0 aromatic carbocycles. The molecule has 0 aliphatic heterocycles. The number of alkyl halides is 1. The third-order valence-corrected chi connectivity index (χ3v) is 0.933. The third kappa shape index (κ3) is 6.20. The van der Waals surface area contributed by atoms with Crippen molar-refractivity contribution in [2.24, 2.45) is 0 Å². The first-order valence-corrected chi connectivity index (χ1v) is 3.11. The van der Waals surface area contributed by atoms with Crippen LogP contribution in [0.1, 0.15) is 6.92 Å². The molecule has 0 aromatic heterocycles. The van der Waals surface area contributed by atoms with Gasteiger partial charge in [-0.25, -0.2) is 8.42 Å². The van der Waals surface area contributed by atoms with Crippen molar-refractivity contribution in [3.8, 4) is 0 Å². The summed E-state index contributed by atoms with van der Waals surface area (Å²) in [5, 5.41) is 0. The van der Waals surface area contributed by atoms with Gasteiger partial charge in [-0.05, 0) is 6.92 Å². The number of halogens is 1. The van der Waals surface area contributed by atoms with Gasteiger partial charge in [-0.15, -0.1) is 0 Å². The minimum absolute atomic E-state index is 0.749. The molecule has 0 aliphatic carbocycles. The van der Waals surface area contributed by atoms with Gasteiger partial charge in [0.15, 0.2) is 0 Å². The highest BCUT2D eigenvalue weighted by Crippen LogP contribution is 1.93. The number of rotatable bonds is 2. The normalized spacial score (nSPS) is 14.7. The molecule has 5 heteroatoms. The van der Waals surface area contributed by atoms with E-state index in [-0.39, 0.29) is 0 Å². The summed E-state index contributed by atoms with van der Waals surface area (Å²) < 4.78 is 23.0. The summed E-state index contributed by atoms with van der Waals surface area (Å²) in [5.74, 6) is 0. The second-order valence-electron chi connectivity index (χ2n) is 0.872. The van der Waals surface area contributed by atoms with E-state index < -0.39 is 16.5 Å². The van der Waals surface area contributed by atoms with E-state index >= 15 is 0 Å². The fourth-order valence-electron chi connectivity index (χ4n) is 0.119. The molecule has 44 valence electrons. The zero-order valence-corrected chi connectivity index (χ0v) is 5.28. The predicted molar refractivity (Wildman–Crippen MR) is 26.7 cm³/mol. The highest BCUT2D eigenvalue weighted by molar-refractivity contribution is 7.67. The molecule has 0 saturated heterocycles. The van der Waals surface area contributed by atoms with Crippen molar-refractivity contribution in [1.82, 2.24) is 0 Å². The SMILES string of the molecule is CC(Cl)O[SH](=O)=O. The topological polar surface area (TPSA) is 43.4 Å². The average molecular weight is 145 g/mol. The Kier molecular flexibility index (Phi) is 3.33. The Balaban J connectivity index is 3.32. The fourth-order valence-corrected chi connectivity index (χ4v) is 0.551. The Morgan fingerprint density at radius 3 is 2.14 bits per heavy atom. The molecule has 3 nitrogen and oxygen atoms in total. The van der Waals surface area contributed by atoms with Gasteiger partial charge in [0.2, 0.25) is 0 Å². The Labute approximate surface area is 48.4 Å². The molecule has 0 fully saturated rings. The minimum atomic E-state index is -2.77. The lowest BCUT2D eigenvalue weighted by Crippen LogP contribution is -1.95. The summed E-state index contributed by atoms with van der Waals surface area (Å²) in [6.45, 7) is 1.42. The molecule has 0 N–H and O–H groups in total. The van der Waals surface area contributed by atoms with Crippen LogP contribution in [-0.4, -0.2) is 14.0 Å². The van der Waals surface area contributed by atoms with E-state index in [1.807, 2.05) is 0 Å². The molecule has 7 heavy (non-hydrogen) atoms. The summed E-state index contributed by atoms with van der Waals surface area (Å²) in [7, 11) is -2.77. The molecule has 0 bridgehead atoms. The van der Waals surface area contributed by atoms with Crippen molar-refractivity contribution in [2.45, 2.75) is 12.5 Å². The third-order valence-electron chi connectivity index (χ3n) is 0.231. The van der Waals surface area contributed by atoms with Gasteiger partial charge >= 0.3 is 0 Å². The van der Waals surface area contributed by atoms with E-state index in [0.717, 1.165) is 0 Å². The molecule has 0 saturated carbocycles. The van der Waals surface area contributed by atoms with Gasteiger partial charge in [-0.3, -0.25) is 4.18 Å². The van der Waals surface area contributed by atoms with Crippen LogP contribution in [0.2, 0.25) is 0 Å². The van der Waals surface area contributed by atoms with Crippen molar-refractivity contribution in [3.63, 3.8) is 0 Å². The van der Waals surface area contributed by atoms with Crippen LogP contribution < -0.4 is 0 Å². The molecular weight excluding hydrogens is 140 g/mol. The lowest BCUT2D eigenvalue weighted by Gasteiger charge is -1.91. The van der Waals surface area contributed by atoms with E-state index in [1.165, 1.54) is 6.92 Å². The maximum absolute atomic E-state index is 9.54. The summed E-state index contributed by atoms with van der Waals surface area (Å²) in [6, 6.07) is 0. The Hall–Kier alpha value is 0.200. The minimum Gasteiger partial charge on any atom is -0.253 e. The molecule has 1 unspecified atom stereocenters. The molecule has 0 radical (unpaired) electrons. The number of hydrogen-bond acceptors (Lipinski definition) is 3. The van der Waals surface area contributed by atoms with Crippen LogP contribution in [-0.2, 0) is 15.2 Å². The van der Waals surface area contributed by atoms with Gasteiger partial charge in [0.1, 0.15) is 5.56 Å². The van der Waals surface area contributed by atoms with Crippen LogP contribution in [0.25, 0.3) is 0 Å². The van der Waals surface area contributed by atoms with Crippen LogP contribution in [0.5, 0.6) is 0 Å². The quantitative estimate of drug-likeness (QED) is 0.442. The molecule has 0 amide bonds. The first-order valence-electron chi connectivity index (χ1n) is 1.58. The first kappa shape index (κ1) is 7.20. The number of thiol groups is 1. The van der Waals surface area contributed by atoms with Gasteiger partial charge in [0.25, 0.3) is 11.0 Å². The molecule has 1 atom stereocenters. The Bertz CT molecular complexity index is 99.5. The van der Waals surface area contributed by atoms with E-state index in [9.17, 15) is 8.42 Å². The summed E-state index contributed by atoms with van der Waals surface area (Å²) >= 11 is 5.07. The van der Waals surface area contributed by atoms with E-state index in [2.05, 4.69) is 4.18 Å². The molecule has 0 aromatic rings. The zero-order chi connectivity index (χ0) is 5.86.